The highest BCUT2D eigenvalue weighted by atomic mass is 14.9. The second-order valence-corrected chi connectivity index (χ2v) is 4.96. The first kappa shape index (κ1) is 10.7. The molecule has 0 aliphatic carbocycles. The largest absolute Gasteiger partial charge is 0.313 e. The summed E-state index contributed by atoms with van der Waals surface area (Å²) in [6.45, 7) is 6.43. The van der Waals surface area contributed by atoms with Gasteiger partial charge in [-0.15, -0.1) is 0 Å². The highest BCUT2D eigenvalue weighted by molar-refractivity contribution is 5.84. The fourth-order valence-electron chi connectivity index (χ4n) is 2.68. The molecule has 0 spiro atoms. The smallest absolute Gasteiger partial charge is 0.0710 e. The zero-order chi connectivity index (χ0) is 11.8. The van der Waals surface area contributed by atoms with E-state index in [1.807, 2.05) is 0 Å². The number of aryl methyl sites for hydroxylation is 3. The molecule has 0 radical (unpaired) electrons. The van der Waals surface area contributed by atoms with E-state index in [-0.39, 0.29) is 0 Å². The average molecular weight is 226 g/mol. The summed E-state index contributed by atoms with van der Waals surface area (Å²) in [4.78, 5) is 4.86. The summed E-state index contributed by atoms with van der Waals surface area (Å²) in [6, 6.07) is 6.58. The van der Waals surface area contributed by atoms with E-state index >= 15 is 0 Å². The molecular weight excluding hydrogens is 208 g/mol. The Labute approximate surface area is 102 Å². The molecule has 1 aromatic carbocycles. The Morgan fingerprint density at radius 3 is 3.00 bits per heavy atom. The molecule has 2 heterocycles. The number of hydrogen-bond donors (Lipinski definition) is 1. The van der Waals surface area contributed by atoms with E-state index in [1.54, 1.807) is 0 Å². The second kappa shape index (κ2) is 4.11. The Morgan fingerprint density at radius 1 is 1.24 bits per heavy atom. The molecule has 2 aromatic rings. The highest BCUT2D eigenvalue weighted by Gasteiger charge is 2.14. The standard InChI is InChI=1S/C15H18N2/c1-10-5-6-12-11(2)13-9-16-7-3-4-14(13)17-15(12)8-10/h5-6,8,16H,3-4,7,9H2,1-2H3. The Kier molecular flexibility index (Phi) is 2.60. The van der Waals surface area contributed by atoms with Gasteiger partial charge >= 0.3 is 0 Å². The van der Waals surface area contributed by atoms with E-state index in [4.69, 9.17) is 4.98 Å². The molecule has 0 amide bonds. The van der Waals surface area contributed by atoms with Crippen LogP contribution in [0.3, 0.4) is 0 Å². The maximum atomic E-state index is 4.86. The number of aromatic nitrogens is 1. The third kappa shape index (κ3) is 1.83. The molecule has 0 saturated carbocycles. The van der Waals surface area contributed by atoms with E-state index < -0.39 is 0 Å². The summed E-state index contributed by atoms with van der Waals surface area (Å²) >= 11 is 0. The van der Waals surface area contributed by atoms with Crippen LogP contribution >= 0.6 is 0 Å². The molecule has 3 rings (SSSR count). The fraction of sp³-hybridized carbons (Fsp3) is 0.400. The van der Waals surface area contributed by atoms with Crippen molar-refractivity contribution in [2.45, 2.75) is 33.2 Å². The first-order valence-corrected chi connectivity index (χ1v) is 6.35. The third-order valence-electron chi connectivity index (χ3n) is 3.68. The number of pyridine rings is 1. The van der Waals surface area contributed by atoms with E-state index in [0.29, 0.717) is 0 Å². The predicted octanol–water partition coefficient (Wildman–Crippen LogP) is 2.89. The Hall–Kier alpha value is -1.41. The first-order chi connectivity index (χ1) is 8.25. The van der Waals surface area contributed by atoms with Crippen molar-refractivity contribution in [3.63, 3.8) is 0 Å². The van der Waals surface area contributed by atoms with Crippen molar-refractivity contribution in [2.24, 2.45) is 0 Å². The van der Waals surface area contributed by atoms with Gasteiger partial charge in [0.1, 0.15) is 0 Å². The Morgan fingerprint density at radius 2 is 2.12 bits per heavy atom. The summed E-state index contributed by atoms with van der Waals surface area (Å²) < 4.78 is 0. The van der Waals surface area contributed by atoms with E-state index in [9.17, 15) is 0 Å². The zero-order valence-corrected chi connectivity index (χ0v) is 10.5. The normalized spacial score (nSPS) is 15.6. The molecule has 0 saturated heterocycles. The molecule has 2 nitrogen and oxygen atoms in total. The van der Waals surface area contributed by atoms with Crippen LogP contribution in [0.1, 0.15) is 28.8 Å². The first-order valence-electron chi connectivity index (χ1n) is 6.35. The van der Waals surface area contributed by atoms with Crippen molar-refractivity contribution in [2.75, 3.05) is 6.54 Å². The van der Waals surface area contributed by atoms with Crippen molar-refractivity contribution in [3.8, 4) is 0 Å². The number of nitrogens with zero attached hydrogens (tertiary/aromatic N) is 1. The van der Waals surface area contributed by atoms with Crippen LogP contribution in [0.25, 0.3) is 10.9 Å². The van der Waals surface area contributed by atoms with E-state index in [1.165, 1.54) is 34.2 Å². The topological polar surface area (TPSA) is 24.9 Å². The zero-order valence-electron chi connectivity index (χ0n) is 10.5. The van der Waals surface area contributed by atoms with Crippen molar-refractivity contribution in [1.29, 1.82) is 0 Å². The lowest BCUT2D eigenvalue weighted by Crippen LogP contribution is -2.13. The summed E-state index contributed by atoms with van der Waals surface area (Å²) in [7, 11) is 0. The monoisotopic (exact) mass is 226 g/mol. The Balaban J connectivity index is 2.29. The molecular formula is C15H18N2. The SMILES string of the molecule is Cc1ccc2c(C)c3c(nc2c1)CCCNC3. The van der Waals surface area contributed by atoms with Gasteiger partial charge in [0, 0.05) is 17.6 Å². The van der Waals surface area contributed by atoms with Crippen LogP contribution in [-0.4, -0.2) is 11.5 Å². The molecule has 88 valence electrons. The summed E-state index contributed by atoms with van der Waals surface area (Å²) in [5.41, 5.74) is 6.56. The average Bonchev–Trinajstić information content (AvgIpc) is 2.54. The minimum Gasteiger partial charge on any atom is -0.313 e. The maximum Gasteiger partial charge on any atom is 0.0710 e. The van der Waals surface area contributed by atoms with Crippen molar-refractivity contribution in [1.82, 2.24) is 10.3 Å². The molecule has 0 atom stereocenters. The van der Waals surface area contributed by atoms with Gasteiger partial charge in [0.25, 0.3) is 0 Å². The minimum absolute atomic E-state index is 0.970. The second-order valence-electron chi connectivity index (χ2n) is 4.96. The summed E-state index contributed by atoms with van der Waals surface area (Å²) in [5.74, 6) is 0. The number of rotatable bonds is 0. The van der Waals surface area contributed by atoms with Crippen molar-refractivity contribution >= 4 is 10.9 Å². The maximum absolute atomic E-state index is 4.86. The molecule has 2 heteroatoms. The van der Waals surface area contributed by atoms with Crippen LogP contribution in [0.4, 0.5) is 0 Å². The molecule has 0 unspecified atom stereocenters. The van der Waals surface area contributed by atoms with Crippen molar-refractivity contribution < 1.29 is 0 Å². The van der Waals surface area contributed by atoms with Gasteiger partial charge in [-0.1, -0.05) is 12.1 Å². The van der Waals surface area contributed by atoms with E-state index in [2.05, 4.69) is 37.4 Å². The summed E-state index contributed by atoms with van der Waals surface area (Å²) in [6.07, 6.45) is 2.30. The lowest BCUT2D eigenvalue weighted by molar-refractivity contribution is 0.679. The van der Waals surface area contributed by atoms with Gasteiger partial charge < -0.3 is 5.32 Å². The Bertz CT molecular complexity index is 573. The fourth-order valence-corrected chi connectivity index (χ4v) is 2.68. The van der Waals surface area contributed by atoms with Gasteiger partial charge in [-0.3, -0.25) is 4.98 Å². The van der Waals surface area contributed by atoms with Gasteiger partial charge in [-0.25, -0.2) is 0 Å². The van der Waals surface area contributed by atoms with Crippen LogP contribution < -0.4 is 5.32 Å². The molecule has 1 aromatic heterocycles. The van der Waals surface area contributed by atoms with E-state index in [0.717, 1.165) is 25.0 Å². The van der Waals surface area contributed by atoms with Crippen LogP contribution in [-0.2, 0) is 13.0 Å². The van der Waals surface area contributed by atoms with Gasteiger partial charge in [0.15, 0.2) is 0 Å². The highest BCUT2D eigenvalue weighted by Crippen LogP contribution is 2.25. The number of benzene rings is 1. The number of fused-ring (bicyclic) bond motifs is 2. The molecule has 17 heavy (non-hydrogen) atoms. The van der Waals surface area contributed by atoms with Crippen LogP contribution in [0.2, 0.25) is 0 Å². The minimum atomic E-state index is 0.970. The molecule has 1 aliphatic heterocycles. The van der Waals surface area contributed by atoms with Crippen molar-refractivity contribution in [3.05, 3.63) is 40.6 Å². The van der Waals surface area contributed by atoms with Crippen LogP contribution in [0, 0.1) is 13.8 Å². The van der Waals surface area contributed by atoms with Crippen LogP contribution in [0.15, 0.2) is 18.2 Å². The van der Waals surface area contributed by atoms with Crippen LogP contribution in [0.5, 0.6) is 0 Å². The number of hydrogen-bond acceptors (Lipinski definition) is 2. The lowest BCUT2D eigenvalue weighted by atomic mass is 9.99. The quantitative estimate of drug-likeness (QED) is 0.747. The lowest BCUT2D eigenvalue weighted by Gasteiger charge is -2.12. The molecule has 1 N–H and O–H groups in total. The predicted molar refractivity (Wildman–Crippen MR) is 71.2 cm³/mol. The van der Waals surface area contributed by atoms with Gasteiger partial charge in [-0.2, -0.15) is 0 Å². The molecule has 1 aliphatic rings. The van der Waals surface area contributed by atoms with Gasteiger partial charge in [-0.05, 0) is 56.0 Å². The third-order valence-corrected chi connectivity index (χ3v) is 3.68. The molecule has 0 fully saturated rings. The molecule has 0 bridgehead atoms. The number of nitrogens with one attached hydrogen (secondary N) is 1. The van der Waals surface area contributed by atoms with Gasteiger partial charge in [0.2, 0.25) is 0 Å². The van der Waals surface area contributed by atoms with Gasteiger partial charge in [0.05, 0.1) is 5.52 Å². The summed E-state index contributed by atoms with van der Waals surface area (Å²) in [5, 5.41) is 4.78.